The molecule has 1 amide bonds. The molecule has 30 heavy (non-hydrogen) atoms. The maximum atomic E-state index is 12.3. The molecule has 1 heterocycles. The lowest BCUT2D eigenvalue weighted by molar-refractivity contribution is -0.274. The van der Waals surface area contributed by atoms with E-state index in [2.05, 4.69) is 15.2 Å². The summed E-state index contributed by atoms with van der Waals surface area (Å²) in [5, 5.41) is 6.87. The second kappa shape index (κ2) is 9.25. The number of carbonyl (C=O) groups excluding carboxylic acids is 1. The van der Waals surface area contributed by atoms with E-state index in [1.165, 1.54) is 24.3 Å². The van der Waals surface area contributed by atoms with E-state index in [1.54, 1.807) is 0 Å². The fourth-order valence-electron chi connectivity index (χ4n) is 2.73. The summed E-state index contributed by atoms with van der Waals surface area (Å²) in [6, 6.07) is 17.4. The predicted molar refractivity (Wildman–Crippen MR) is 104 cm³/mol. The quantitative estimate of drug-likeness (QED) is 0.641. The van der Waals surface area contributed by atoms with Crippen molar-refractivity contribution in [2.24, 2.45) is 0 Å². The molecule has 3 aromatic rings. The number of ether oxygens (including phenoxy) is 1. The van der Waals surface area contributed by atoms with E-state index < -0.39 is 11.9 Å². The van der Waals surface area contributed by atoms with E-state index in [-0.39, 0.29) is 18.2 Å². The van der Waals surface area contributed by atoms with Crippen LogP contribution in [0.5, 0.6) is 5.75 Å². The van der Waals surface area contributed by atoms with Crippen LogP contribution in [-0.4, -0.2) is 28.6 Å². The highest BCUT2D eigenvalue weighted by Crippen LogP contribution is 2.25. The molecule has 2 aromatic carbocycles. The summed E-state index contributed by atoms with van der Waals surface area (Å²) in [5.74, 6) is -0.732. The van der Waals surface area contributed by atoms with Gasteiger partial charge in [0, 0.05) is 18.2 Å². The molecule has 0 unspecified atom stereocenters. The Kier molecular flexibility index (Phi) is 6.51. The van der Waals surface area contributed by atoms with Crippen molar-refractivity contribution in [3.63, 3.8) is 0 Å². The highest BCUT2D eigenvalue weighted by molar-refractivity contribution is 5.75. The number of alkyl halides is 3. The summed E-state index contributed by atoms with van der Waals surface area (Å²) < 4.78 is 41.6. The van der Waals surface area contributed by atoms with Crippen molar-refractivity contribution < 1.29 is 22.7 Å². The first-order chi connectivity index (χ1) is 14.3. The first-order valence-corrected chi connectivity index (χ1v) is 9.05. The molecule has 0 saturated heterocycles. The molecule has 0 aliphatic heterocycles. The Balaban J connectivity index is 1.63. The fraction of sp³-hybridized carbons (Fsp3) is 0.190. The summed E-state index contributed by atoms with van der Waals surface area (Å²) in [4.78, 5) is 24.2. The number of rotatable bonds is 7. The molecule has 3 rings (SSSR count). The Morgan fingerprint density at radius 1 is 1.00 bits per heavy atom. The van der Waals surface area contributed by atoms with Gasteiger partial charge in [0.15, 0.2) is 0 Å². The van der Waals surface area contributed by atoms with Crippen molar-refractivity contribution >= 4 is 5.91 Å². The normalized spacial score (nSPS) is 11.2. The number of aromatic nitrogens is 2. The van der Waals surface area contributed by atoms with Gasteiger partial charge in [0.25, 0.3) is 5.56 Å². The van der Waals surface area contributed by atoms with E-state index >= 15 is 0 Å². The van der Waals surface area contributed by atoms with Crippen molar-refractivity contribution in [2.45, 2.75) is 19.3 Å². The molecule has 0 fully saturated rings. The van der Waals surface area contributed by atoms with Crippen LogP contribution in [0.2, 0.25) is 0 Å². The van der Waals surface area contributed by atoms with Gasteiger partial charge >= 0.3 is 6.36 Å². The van der Waals surface area contributed by atoms with E-state index in [1.807, 2.05) is 30.3 Å². The van der Waals surface area contributed by atoms with Crippen LogP contribution >= 0.6 is 0 Å². The Hall–Kier alpha value is -3.62. The van der Waals surface area contributed by atoms with Crippen LogP contribution in [0.3, 0.4) is 0 Å². The minimum absolute atomic E-state index is 0.267. The largest absolute Gasteiger partial charge is 0.573 e. The topological polar surface area (TPSA) is 73.2 Å². The van der Waals surface area contributed by atoms with Crippen molar-refractivity contribution in [3.8, 4) is 17.0 Å². The second-order valence-corrected chi connectivity index (χ2v) is 6.37. The van der Waals surface area contributed by atoms with Crippen molar-refractivity contribution in [1.82, 2.24) is 15.1 Å². The first kappa shape index (κ1) is 21.1. The van der Waals surface area contributed by atoms with E-state index in [4.69, 9.17) is 0 Å². The van der Waals surface area contributed by atoms with Crippen LogP contribution in [0.25, 0.3) is 11.3 Å². The molecule has 156 valence electrons. The number of hydrogen-bond acceptors (Lipinski definition) is 4. The number of halogens is 3. The lowest BCUT2D eigenvalue weighted by atomic mass is 10.1. The first-order valence-electron chi connectivity index (χ1n) is 9.05. The molecule has 0 saturated carbocycles. The zero-order chi connectivity index (χ0) is 21.6. The molecule has 0 spiro atoms. The van der Waals surface area contributed by atoms with Crippen molar-refractivity contribution in [2.75, 3.05) is 6.54 Å². The minimum Gasteiger partial charge on any atom is -0.406 e. The van der Waals surface area contributed by atoms with Crippen LogP contribution in [0.15, 0.2) is 71.5 Å². The summed E-state index contributed by atoms with van der Waals surface area (Å²) >= 11 is 0. The second-order valence-electron chi connectivity index (χ2n) is 6.37. The lowest BCUT2D eigenvalue weighted by Gasteiger charge is -2.10. The molecule has 9 heteroatoms. The number of nitrogens with one attached hydrogen (secondary N) is 1. The van der Waals surface area contributed by atoms with E-state index in [0.29, 0.717) is 24.2 Å². The monoisotopic (exact) mass is 417 g/mol. The third-order valence-electron chi connectivity index (χ3n) is 4.12. The van der Waals surface area contributed by atoms with Crippen LogP contribution in [0.1, 0.15) is 5.56 Å². The predicted octanol–water partition coefficient (Wildman–Crippen LogP) is 3.17. The van der Waals surface area contributed by atoms with Gasteiger partial charge in [-0.3, -0.25) is 9.59 Å². The molecule has 0 atom stereocenters. The van der Waals surface area contributed by atoms with Gasteiger partial charge in [-0.05, 0) is 42.3 Å². The standard InChI is InChI=1S/C21H18F3N3O3/c22-21(23,24)30-17-8-6-16(7-9-17)18-10-11-20(29)27(26-18)14-19(28)25-13-12-15-4-2-1-3-5-15/h1-11H,12-14H2,(H,25,28). The molecule has 0 bridgehead atoms. The Morgan fingerprint density at radius 2 is 1.70 bits per heavy atom. The maximum Gasteiger partial charge on any atom is 0.573 e. The molecule has 0 radical (unpaired) electrons. The van der Waals surface area contributed by atoms with Gasteiger partial charge in [-0.2, -0.15) is 5.10 Å². The molecule has 0 aliphatic carbocycles. The zero-order valence-corrected chi connectivity index (χ0v) is 15.7. The van der Waals surface area contributed by atoms with Crippen molar-refractivity contribution in [1.29, 1.82) is 0 Å². The van der Waals surface area contributed by atoms with Crippen LogP contribution in [-0.2, 0) is 17.8 Å². The highest BCUT2D eigenvalue weighted by atomic mass is 19.4. The smallest absolute Gasteiger partial charge is 0.406 e. The number of nitrogens with zero attached hydrogens (tertiary/aromatic N) is 2. The van der Waals surface area contributed by atoms with Crippen LogP contribution in [0.4, 0.5) is 13.2 Å². The van der Waals surface area contributed by atoms with Crippen LogP contribution in [0, 0.1) is 0 Å². The number of amides is 1. The third kappa shape index (κ3) is 6.20. The SMILES string of the molecule is O=C(Cn1nc(-c2ccc(OC(F)(F)F)cc2)ccc1=O)NCCc1ccccc1. The van der Waals surface area contributed by atoms with Gasteiger partial charge in [0.2, 0.25) is 5.91 Å². The summed E-state index contributed by atoms with van der Waals surface area (Å²) in [7, 11) is 0. The highest BCUT2D eigenvalue weighted by Gasteiger charge is 2.31. The molecule has 6 nitrogen and oxygen atoms in total. The average molecular weight is 417 g/mol. The zero-order valence-electron chi connectivity index (χ0n) is 15.7. The van der Waals surface area contributed by atoms with Crippen molar-refractivity contribution in [3.05, 3.63) is 82.6 Å². The molecular weight excluding hydrogens is 399 g/mol. The van der Waals surface area contributed by atoms with Gasteiger partial charge < -0.3 is 10.1 Å². The number of carbonyl (C=O) groups is 1. The molecule has 1 N–H and O–H groups in total. The fourth-order valence-corrected chi connectivity index (χ4v) is 2.73. The summed E-state index contributed by atoms with van der Waals surface area (Å²) in [5.41, 5.74) is 1.43. The van der Waals surface area contributed by atoms with Gasteiger partial charge in [-0.15, -0.1) is 13.2 Å². The number of hydrogen-bond donors (Lipinski definition) is 1. The maximum absolute atomic E-state index is 12.3. The van der Waals surface area contributed by atoms with Gasteiger partial charge in [-0.25, -0.2) is 4.68 Å². The Bertz CT molecular complexity index is 1050. The summed E-state index contributed by atoms with van der Waals surface area (Å²) in [6.07, 6.45) is -4.12. The molecule has 0 aliphatic rings. The van der Waals surface area contributed by atoms with E-state index in [0.717, 1.165) is 22.4 Å². The average Bonchev–Trinajstić information content (AvgIpc) is 2.70. The molecular formula is C21H18F3N3O3. The van der Waals surface area contributed by atoms with E-state index in [9.17, 15) is 22.8 Å². The minimum atomic E-state index is -4.78. The Morgan fingerprint density at radius 3 is 2.37 bits per heavy atom. The number of benzene rings is 2. The van der Waals surface area contributed by atoms with Crippen LogP contribution < -0.4 is 15.6 Å². The van der Waals surface area contributed by atoms with Gasteiger partial charge in [0.05, 0.1) is 5.69 Å². The third-order valence-corrected chi connectivity index (χ3v) is 4.12. The van der Waals surface area contributed by atoms with Gasteiger partial charge in [-0.1, -0.05) is 30.3 Å². The lowest BCUT2D eigenvalue weighted by Crippen LogP contribution is -2.34. The van der Waals surface area contributed by atoms with Gasteiger partial charge in [0.1, 0.15) is 12.3 Å². The summed E-state index contributed by atoms with van der Waals surface area (Å²) in [6.45, 7) is 0.148. The molecule has 1 aromatic heterocycles. The Labute approximate surface area is 169 Å².